The predicted molar refractivity (Wildman–Crippen MR) is 164 cm³/mol. The van der Waals surface area contributed by atoms with E-state index in [1.165, 1.54) is 84.9 Å². The number of phenols is 1. The van der Waals surface area contributed by atoms with Crippen molar-refractivity contribution in [3.63, 3.8) is 0 Å². The molecule has 0 bridgehead atoms. The van der Waals surface area contributed by atoms with Gasteiger partial charge in [-0.05, 0) is 116 Å². The number of benzene rings is 4. The first-order chi connectivity index (χ1) is 21.5. The average molecular weight is 653 g/mol. The highest BCUT2D eigenvalue weighted by Crippen LogP contribution is 2.26. The van der Waals surface area contributed by atoms with Gasteiger partial charge in [0, 0.05) is 12.8 Å². The van der Waals surface area contributed by atoms with E-state index in [-0.39, 0.29) is 49.7 Å². The van der Waals surface area contributed by atoms with Crippen molar-refractivity contribution in [2.24, 2.45) is 0 Å². The van der Waals surface area contributed by atoms with Crippen molar-refractivity contribution >= 4 is 31.6 Å². The standard InChI is InChI=1S/C33H32O10S2/c1-2-23-41-25-9-17-29(18-10-25)45(39,40)31-21-13-27(14-22-31)43-33(36)6-4-3-5-32(35)42-26-11-19-30(20-12-26)44(37,38)28-15-7-24(34)8-16-28/h7-22,34H,2-6,23H2,1H3. The van der Waals surface area contributed by atoms with Crippen LogP contribution in [0.4, 0.5) is 0 Å². The first kappa shape index (κ1) is 33.2. The van der Waals surface area contributed by atoms with E-state index in [4.69, 9.17) is 14.2 Å². The molecule has 0 aliphatic rings. The summed E-state index contributed by atoms with van der Waals surface area (Å²) in [5.41, 5.74) is 0. The van der Waals surface area contributed by atoms with E-state index >= 15 is 0 Å². The van der Waals surface area contributed by atoms with Crippen LogP contribution in [0.5, 0.6) is 23.0 Å². The monoisotopic (exact) mass is 652 g/mol. The van der Waals surface area contributed by atoms with Gasteiger partial charge in [0.25, 0.3) is 0 Å². The molecule has 45 heavy (non-hydrogen) atoms. The van der Waals surface area contributed by atoms with Gasteiger partial charge in [0.1, 0.15) is 23.0 Å². The molecule has 0 aromatic heterocycles. The molecule has 4 aromatic rings. The third-order valence-corrected chi connectivity index (χ3v) is 10.1. The molecule has 0 heterocycles. The van der Waals surface area contributed by atoms with Crippen molar-refractivity contribution in [3.05, 3.63) is 97.1 Å². The fourth-order valence-electron chi connectivity index (χ4n) is 4.11. The number of carbonyl (C=O) groups is 2. The lowest BCUT2D eigenvalue weighted by Gasteiger charge is -2.09. The van der Waals surface area contributed by atoms with E-state index in [0.717, 1.165) is 6.42 Å². The van der Waals surface area contributed by atoms with Gasteiger partial charge in [0.15, 0.2) is 0 Å². The van der Waals surface area contributed by atoms with Crippen LogP contribution >= 0.6 is 0 Å². The molecule has 0 fully saturated rings. The number of phenolic OH excluding ortho intramolecular Hbond substituents is 1. The van der Waals surface area contributed by atoms with Crippen LogP contribution in [0.25, 0.3) is 0 Å². The molecule has 0 amide bonds. The third-order valence-electron chi connectivity index (χ3n) is 6.50. The lowest BCUT2D eigenvalue weighted by molar-refractivity contribution is -0.136. The maximum absolute atomic E-state index is 12.9. The van der Waals surface area contributed by atoms with Gasteiger partial charge in [-0.25, -0.2) is 16.8 Å². The van der Waals surface area contributed by atoms with Crippen LogP contribution < -0.4 is 14.2 Å². The van der Waals surface area contributed by atoms with E-state index in [9.17, 15) is 31.5 Å². The molecule has 10 nitrogen and oxygen atoms in total. The molecule has 0 spiro atoms. The van der Waals surface area contributed by atoms with E-state index < -0.39 is 31.6 Å². The Morgan fingerprint density at radius 3 is 1.24 bits per heavy atom. The normalized spacial score (nSPS) is 11.5. The van der Waals surface area contributed by atoms with Crippen LogP contribution in [0.3, 0.4) is 0 Å². The van der Waals surface area contributed by atoms with Gasteiger partial charge in [-0.3, -0.25) is 9.59 Å². The molecule has 0 atom stereocenters. The summed E-state index contributed by atoms with van der Waals surface area (Å²) in [4.78, 5) is 24.7. The molecular weight excluding hydrogens is 620 g/mol. The summed E-state index contributed by atoms with van der Waals surface area (Å²) < 4.78 is 67.3. The molecule has 0 aliphatic carbocycles. The number of carbonyl (C=O) groups excluding carboxylic acids is 2. The molecule has 12 heteroatoms. The van der Waals surface area contributed by atoms with Crippen molar-refractivity contribution in [2.45, 2.75) is 58.6 Å². The summed E-state index contributed by atoms with van der Waals surface area (Å²) in [7, 11) is -7.57. The number of rotatable bonds is 14. The number of unbranched alkanes of at least 4 members (excludes halogenated alkanes) is 1. The minimum atomic E-state index is -3.80. The van der Waals surface area contributed by atoms with Crippen LogP contribution in [0, 0.1) is 0 Å². The van der Waals surface area contributed by atoms with Gasteiger partial charge in [-0.2, -0.15) is 0 Å². The topological polar surface area (TPSA) is 150 Å². The Morgan fingerprint density at radius 1 is 0.556 bits per heavy atom. The number of sulfone groups is 2. The van der Waals surface area contributed by atoms with Gasteiger partial charge in [-0.15, -0.1) is 0 Å². The third kappa shape index (κ3) is 8.93. The summed E-state index contributed by atoms with van der Waals surface area (Å²) in [5.74, 6) is -0.178. The predicted octanol–water partition coefficient (Wildman–Crippen LogP) is 5.92. The highest BCUT2D eigenvalue weighted by atomic mass is 32.2. The minimum absolute atomic E-state index is 0.00534. The maximum Gasteiger partial charge on any atom is 0.311 e. The second kappa shape index (κ2) is 14.9. The van der Waals surface area contributed by atoms with Crippen LogP contribution in [-0.2, 0) is 29.3 Å². The lowest BCUT2D eigenvalue weighted by Crippen LogP contribution is -2.10. The van der Waals surface area contributed by atoms with Crippen molar-refractivity contribution in [1.82, 2.24) is 0 Å². The molecule has 236 valence electrons. The smallest absolute Gasteiger partial charge is 0.311 e. The molecular formula is C33H32O10S2. The van der Waals surface area contributed by atoms with Crippen LogP contribution in [0.1, 0.15) is 39.0 Å². The Kier molecular flexibility index (Phi) is 11.0. The molecule has 0 radical (unpaired) electrons. The Bertz CT molecular complexity index is 1810. The van der Waals surface area contributed by atoms with E-state index in [0.29, 0.717) is 25.2 Å². The fraction of sp³-hybridized carbons (Fsp3) is 0.212. The minimum Gasteiger partial charge on any atom is -0.508 e. The van der Waals surface area contributed by atoms with Crippen molar-refractivity contribution in [3.8, 4) is 23.0 Å². The SMILES string of the molecule is CCCOc1ccc(S(=O)(=O)c2ccc(OC(=O)CCCCC(=O)Oc3ccc(S(=O)(=O)c4ccc(O)cc4)cc3)cc2)cc1. The number of ether oxygens (including phenoxy) is 3. The number of aromatic hydroxyl groups is 1. The molecule has 0 aliphatic heterocycles. The summed E-state index contributed by atoms with van der Waals surface area (Å²) >= 11 is 0. The first-order valence-corrected chi connectivity index (χ1v) is 17.1. The zero-order chi connectivity index (χ0) is 32.5. The highest BCUT2D eigenvalue weighted by Gasteiger charge is 2.19. The Hall–Kier alpha value is -4.68. The Morgan fingerprint density at radius 2 is 0.889 bits per heavy atom. The van der Waals surface area contributed by atoms with Gasteiger partial charge in [0.05, 0.1) is 26.2 Å². The zero-order valence-corrected chi connectivity index (χ0v) is 26.1. The molecule has 4 rings (SSSR count). The highest BCUT2D eigenvalue weighted by molar-refractivity contribution is 7.91. The summed E-state index contributed by atoms with van der Waals surface area (Å²) in [5, 5.41) is 9.37. The number of esters is 2. The van der Waals surface area contributed by atoms with E-state index in [1.54, 1.807) is 12.1 Å². The largest absolute Gasteiger partial charge is 0.508 e. The number of hydrogen-bond donors (Lipinski definition) is 1. The zero-order valence-electron chi connectivity index (χ0n) is 24.4. The van der Waals surface area contributed by atoms with Gasteiger partial charge >= 0.3 is 11.9 Å². The van der Waals surface area contributed by atoms with E-state index in [1.807, 2.05) is 6.92 Å². The van der Waals surface area contributed by atoms with Crippen LogP contribution in [0.15, 0.2) is 117 Å². The molecule has 4 aromatic carbocycles. The Balaban J connectivity index is 1.20. The molecule has 1 N–H and O–H groups in total. The first-order valence-electron chi connectivity index (χ1n) is 14.1. The maximum atomic E-state index is 12.9. The van der Waals surface area contributed by atoms with Gasteiger partial charge < -0.3 is 19.3 Å². The quantitative estimate of drug-likeness (QED) is 0.0988. The molecule has 0 unspecified atom stereocenters. The summed E-state index contributed by atoms with van der Waals surface area (Å²) in [6.45, 7) is 2.51. The van der Waals surface area contributed by atoms with Crippen molar-refractivity contribution in [2.75, 3.05) is 6.61 Å². The lowest BCUT2D eigenvalue weighted by atomic mass is 10.2. The van der Waals surface area contributed by atoms with Gasteiger partial charge in [-0.1, -0.05) is 6.92 Å². The summed E-state index contributed by atoms with van der Waals surface area (Å²) in [6.07, 6.45) is 1.59. The second-order valence-electron chi connectivity index (χ2n) is 9.92. The number of hydrogen-bond acceptors (Lipinski definition) is 10. The van der Waals surface area contributed by atoms with Crippen LogP contribution in [0.2, 0.25) is 0 Å². The van der Waals surface area contributed by atoms with Crippen molar-refractivity contribution in [1.29, 1.82) is 0 Å². The Labute approximate surface area is 262 Å². The van der Waals surface area contributed by atoms with E-state index in [2.05, 4.69) is 0 Å². The molecule has 0 saturated carbocycles. The fourth-order valence-corrected chi connectivity index (χ4v) is 6.63. The van der Waals surface area contributed by atoms with Gasteiger partial charge in [0.2, 0.25) is 19.7 Å². The molecule has 0 saturated heterocycles. The van der Waals surface area contributed by atoms with Crippen molar-refractivity contribution < 1.29 is 45.7 Å². The average Bonchev–Trinajstić information content (AvgIpc) is 3.03. The summed E-state index contributed by atoms with van der Waals surface area (Å²) in [6, 6.07) is 22.2. The van der Waals surface area contributed by atoms with Crippen LogP contribution in [-0.4, -0.2) is 40.5 Å². The second-order valence-corrected chi connectivity index (χ2v) is 13.8.